The molecule has 0 aromatic carbocycles. The first-order valence-corrected chi connectivity index (χ1v) is 8.40. The Bertz CT molecular complexity index is 460. The van der Waals surface area contributed by atoms with E-state index < -0.39 is 20.0 Å². The van der Waals surface area contributed by atoms with Crippen molar-refractivity contribution in [2.24, 2.45) is 0 Å². The third-order valence-corrected chi connectivity index (χ3v) is 5.64. The van der Waals surface area contributed by atoms with Gasteiger partial charge in [0.2, 0.25) is 20.0 Å². The summed E-state index contributed by atoms with van der Waals surface area (Å²) in [5, 5.41) is 0. The molecule has 0 aromatic rings. The molecular formula is C7H15N3O5S2. The summed E-state index contributed by atoms with van der Waals surface area (Å²) < 4.78 is 54.2. The average molecular weight is 285 g/mol. The largest absolute Gasteiger partial charge is 0.364 e. The molecule has 0 spiro atoms. The van der Waals surface area contributed by atoms with Gasteiger partial charge < -0.3 is 4.74 Å². The highest BCUT2D eigenvalue weighted by atomic mass is 32.2. The number of hydrogen-bond acceptors (Lipinski definition) is 6. The van der Waals surface area contributed by atoms with Crippen molar-refractivity contribution in [2.45, 2.75) is 0 Å². The highest BCUT2D eigenvalue weighted by molar-refractivity contribution is 7.89. The molecule has 0 unspecified atom stereocenters. The molecule has 10 heteroatoms. The molecule has 0 atom stereocenters. The van der Waals surface area contributed by atoms with Crippen molar-refractivity contribution >= 4 is 20.0 Å². The molecule has 17 heavy (non-hydrogen) atoms. The van der Waals surface area contributed by atoms with Crippen LogP contribution < -0.4 is 4.72 Å². The lowest BCUT2D eigenvalue weighted by molar-refractivity contribution is 0.0385. The van der Waals surface area contributed by atoms with Gasteiger partial charge in [0.05, 0.1) is 31.4 Å². The summed E-state index contributed by atoms with van der Waals surface area (Å²) in [6, 6.07) is 0. The molecule has 0 bridgehead atoms. The number of nitrogens with zero attached hydrogens (tertiary/aromatic N) is 2. The van der Waals surface area contributed by atoms with Crippen LogP contribution in [0.5, 0.6) is 0 Å². The lowest BCUT2D eigenvalue weighted by Gasteiger charge is -2.33. The number of rotatable bonds is 2. The highest BCUT2D eigenvalue weighted by Crippen LogP contribution is 2.10. The van der Waals surface area contributed by atoms with Gasteiger partial charge in [-0.25, -0.2) is 21.6 Å². The smallest absolute Gasteiger partial charge is 0.219 e. The summed E-state index contributed by atoms with van der Waals surface area (Å²) in [5.41, 5.74) is 0. The molecule has 2 heterocycles. The van der Waals surface area contributed by atoms with Crippen molar-refractivity contribution in [1.82, 2.24) is 13.9 Å². The Kier molecular flexibility index (Phi) is 3.71. The maximum absolute atomic E-state index is 11.7. The van der Waals surface area contributed by atoms with Crippen LogP contribution in [0.3, 0.4) is 0 Å². The van der Waals surface area contributed by atoms with E-state index >= 15 is 0 Å². The zero-order chi connectivity index (χ0) is 12.5. The fraction of sp³-hybridized carbons (Fsp3) is 1.00. The van der Waals surface area contributed by atoms with E-state index in [0.717, 1.165) is 0 Å². The van der Waals surface area contributed by atoms with Crippen molar-refractivity contribution in [3.63, 3.8) is 0 Å². The first-order chi connectivity index (χ1) is 7.89. The maximum atomic E-state index is 11.7. The zero-order valence-corrected chi connectivity index (χ0v) is 10.8. The van der Waals surface area contributed by atoms with Gasteiger partial charge in [-0.1, -0.05) is 0 Å². The van der Waals surface area contributed by atoms with Gasteiger partial charge in [-0.3, -0.25) is 4.90 Å². The van der Waals surface area contributed by atoms with Crippen LogP contribution in [0.1, 0.15) is 0 Å². The molecule has 2 saturated heterocycles. The van der Waals surface area contributed by atoms with Crippen LogP contribution in [0.25, 0.3) is 0 Å². The third-order valence-electron chi connectivity index (χ3n) is 2.66. The van der Waals surface area contributed by atoms with Crippen molar-refractivity contribution in [3.8, 4) is 0 Å². The summed E-state index contributed by atoms with van der Waals surface area (Å²) in [4.78, 5) is 1.72. The minimum Gasteiger partial charge on any atom is -0.364 e. The van der Waals surface area contributed by atoms with Crippen LogP contribution in [0.2, 0.25) is 0 Å². The molecule has 0 amide bonds. The highest BCUT2D eigenvalue weighted by Gasteiger charge is 2.30. The second kappa shape index (κ2) is 4.78. The molecule has 100 valence electrons. The second-order valence-corrected chi connectivity index (χ2v) is 7.98. The predicted octanol–water partition coefficient (Wildman–Crippen LogP) is -2.24. The van der Waals surface area contributed by atoms with Gasteiger partial charge in [0.1, 0.15) is 6.73 Å². The standard InChI is InChI=1S/C7H15N3O5S2/c11-16(12)3-1-9(5-8-16)6-10-7-15-2-4-17(10,13)14/h8H,1-7H2. The van der Waals surface area contributed by atoms with E-state index in [9.17, 15) is 16.8 Å². The number of sulfonamides is 2. The van der Waals surface area contributed by atoms with E-state index in [0.29, 0.717) is 6.54 Å². The van der Waals surface area contributed by atoms with Gasteiger partial charge in [0.15, 0.2) is 0 Å². The Hall–Kier alpha value is -0.260. The van der Waals surface area contributed by atoms with Crippen LogP contribution in [-0.4, -0.2) is 70.8 Å². The Morgan fingerprint density at radius 3 is 2.53 bits per heavy atom. The van der Waals surface area contributed by atoms with E-state index in [4.69, 9.17) is 4.74 Å². The monoisotopic (exact) mass is 285 g/mol. The Morgan fingerprint density at radius 2 is 1.94 bits per heavy atom. The van der Waals surface area contributed by atoms with Crippen LogP contribution in [0, 0.1) is 0 Å². The molecule has 2 aliphatic heterocycles. The minimum atomic E-state index is -3.26. The van der Waals surface area contributed by atoms with Gasteiger partial charge >= 0.3 is 0 Å². The van der Waals surface area contributed by atoms with E-state index in [-0.39, 0.29) is 38.2 Å². The van der Waals surface area contributed by atoms with Gasteiger partial charge in [0.25, 0.3) is 0 Å². The summed E-state index contributed by atoms with van der Waals surface area (Å²) in [7, 11) is -6.44. The predicted molar refractivity (Wildman–Crippen MR) is 59.8 cm³/mol. The normalized spacial score (nSPS) is 30.1. The molecular weight excluding hydrogens is 270 g/mol. The maximum Gasteiger partial charge on any atom is 0.219 e. The fourth-order valence-corrected chi connectivity index (χ4v) is 3.79. The molecule has 0 saturated carbocycles. The Morgan fingerprint density at radius 1 is 1.18 bits per heavy atom. The molecule has 8 nitrogen and oxygen atoms in total. The second-order valence-electron chi connectivity index (χ2n) is 3.96. The lowest BCUT2D eigenvalue weighted by atomic mass is 10.6. The topological polar surface area (TPSA) is 96.0 Å². The Balaban J connectivity index is 1.93. The van der Waals surface area contributed by atoms with Crippen LogP contribution in [0.15, 0.2) is 0 Å². The average Bonchev–Trinajstić information content (AvgIpc) is 2.24. The molecule has 0 aromatic heterocycles. The molecule has 2 rings (SSSR count). The third kappa shape index (κ3) is 3.36. The van der Waals surface area contributed by atoms with Gasteiger partial charge in [0, 0.05) is 6.54 Å². The van der Waals surface area contributed by atoms with Gasteiger partial charge in [-0.05, 0) is 0 Å². The van der Waals surface area contributed by atoms with Crippen LogP contribution >= 0.6 is 0 Å². The van der Waals surface area contributed by atoms with Crippen molar-refractivity contribution in [3.05, 3.63) is 0 Å². The molecule has 0 radical (unpaired) electrons. The van der Waals surface area contributed by atoms with Crippen LogP contribution in [0.4, 0.5) is 0 Å². The summed E-state index contributed by atoms with van der Waals surface area (Å²) in [6.07, 6.45) is 0. The number of hydrogen-bond donors (Lipinski definition) is 1. The Labute approximate surface area is 101 Å². The number of nitrogens with one attached hydrogen (secondary N) is 1. The van der Waals surface area contributed by atoms with E-state index in [1.165, 1.54) is 4.31 Å². The minimum absolute atomic E-state index is 0.0122. The first-order valence-electron chi connectivity index (χ1n) is 5.14. The van der Waals surface area contributed by atoms with Crippen molar-refractivity contribution in [2.75, 3.05) is 44.7 Å². The van der Waals surface area contributed by atoms with E-state index in [2.05, 4.69) is 4.72 Å². The first kappa shape index (κ1) is 13.2. The van der Waals surface area contributed by atoms with Gasteiger partial charge in [-0.2, -0.15) is 4.31 Å². The molecule has 2 fully saturated rings. The van der Waals surface area contributed by atoms with E-state index in [1.807, 2.05) is 0 Å². The quantitative estimate of drug-likeness (QED) is 0.616. The van der Waals surface area contributed by atoms with Crippen LogP contribution in [-0.2, 0) is 24.8 Å². The summed E-state index contributed by atoms with van der Waals surface area (Å²) >= 11 is 0. The van der Waals surface area contributed by atoms with E-state index in [1.54, 1.807) is 4.90 Å². The number of ether oxygens (including phenoxy) is 1. The lowest BCUT2D eigenvalue weighted by Crippen LogP contribution is -2.54. The molecule has 0 aliphatic carbocycles. The SMILES string of the molecule is O=S1(=O)CCN(CN2COCCS2(=O)=O)CN1. The zero-order valence-electron chi connectivity index (χ0n) is 9.20. The molecule has 2 aliphatic rings. The van der Waals surface area contributed by atoms with Crippen molar-refractivity contribution < 1.29 is 21.6 Å². The summed E-state index contributed by atoms with van der Waals surface area (Å²) in [5.74, 6) is -0.0334. The summed E-state index contributed by atoms with van der Waals surface area (Å²) in [6.45, 7) is 0.859. The fourth-order valence-electron chi connectivity index (χ4n) is 1.60. The van der Waals surface area contributed by atoms with Crippen molar-refractivity contribution in [1.29, 1.82) is 0 Å². The molecule has 1 N–H and O–H groups in total. The van der Waals surface area contributed by atoms with Gasteiger partial charge in [-0.15, -0.1) is 0 Å².